The summed E-state index contributed by atoms with van der Waals surface area (Å²) in [6.07, 6.45) is 5.55. The minimum atomic E-state index is -4.27. The zero-order chi connectivity index (χ0) is 27.5. The Hall–Kier alpha value is -4.54. The van der Waals surface area contributed by atoms with Gasteiger partial charge in [0.05, 0.1) is 11.1 Å². The maximum absolute atomic E-state index is 12.0. The molecule has 0 radical (unpaired) electrons. The summed E-state index contributed by atoms with van der Waals surface area (Å²) >= 11 is 0. The summed E-state index contributed by atoms with van der Waals surface area (Å²) in [6, 6.07) is 24.0. The highest BCUT2D eigenvalue weighted by atomic mass is 32.2. The highest BCUT2D eigenvalue weighted by molar-refractivity contribution is 7.85. The number of pyridine rings is 1. The molecular formula is C28H28N4O5S. The van der Waals surface area contributed by atoms with Gasteiger partial charge in [0.25, 0.3) is 5.91 Å². The van der Waals surface area contributed by atoms with E-state index in [0.717, 1.165) is 22.4 Å². The molecule has 0 spiro atoms. The van der Waals surface area contributed by atoms with E-state index in [-0.39, 0.29) is 10.8 Å². The fourth-order valence-electron chi connectivity index (χ4n) is 3.01. The molecule has 0 saturated heterocycles. The highest BCUT2D eigenvalue weighted by Gasteiger charge is 2.03. The van der Waals surface area contributed by atoms with Crippen molar-refractivity contribution in [2.45, 2.75) is 18.4 Å². The minimum absolute atomic E-state index is 0.178. The zero-order valence-electron chi connectivity index (χ0n) is 20.9. The molecule has 0 fully saturated rings. The third kappa shape index (κ3) is 9.16. The van der Waals surface area contributed by atoms with Crippen LogP contribution < -0.4 is 20.5 Å². The summed E-state index contributed by atoms with van der Waals surface area (Å²) in [4.78, 5) is 11.8. The SMILES string of the molecule is C[n+]1ccc(COc2ccc(/C=N/NC(=O)c3ccc(N)cc3)cc2)cc1.Cc1ccc(S(=O)(=O)[O-])cc1. The Morgan fingerprint density at radius 2 is 1.58 bits per heavy atom. The first-order chi connectivity index (χ1) is 18.1. The van der Waals surface area contributed by atoms with E-state index in [9.17, 15) is 17.8 Å². The topological polar surface area (TPSA) is 138 Å². The number of amides is 1. The van der Waals surface area contributed by atoms with Crippen molar-refractivity contribution in [3.05, 3.63) is 120 Å². The lowest BCUT2D eigenvalue weighted by molar-refractivity contribution is -0.671. The maximum Gasteiger partial charge on any atom is 0.271 e. The van der Waals surface area contributed by atoms with Crippen molar-refractivity contribution in [2.24, 2.45) is 12.1 Å². The molecule has 1 heterocycles. The Morgan fingerprint density at radius 3 is 2.16 bits per heavy atom. The molecule has 0 saturated carbocycles. The second kappa shape index (κ2) is 13.1. The van der Waals surface area contributed by atoms with Crippen molar-refractivity contribution < 1.29 is 27.1 Å². The van der Waals surface area contributed by atoms with Crippen molar-refractivity contribution in [3.63, 3.8) is 0 Å². The fourth-order valence-corrected chi connectivity index (χ4v) is 3.48. The van der Waals surface area contributed by atoms with E-state index in [1.165, 1.54) is 12.1 Å². The first-order valence-corrected chi connectivity index (χ1v) is 12.9. The van der Waals surface area contributed by atoms with Gasteiger partial charge in [-0.1, -0.05) is 17.7 Å². The van der Waals surface area contributed by atoms with Crippen LogP contribution in [0.15, 0.2) is 107 Å². The number of nitrogens with one attached hydrogen (secondary N) is 1. The van der Waals surface area contributed by atoms with Crippen molar-refractivity contribution in [3.8, 4) is 5.75 Å². The van der Waals surface area contributed by atoms with Crippen LogP contribution >= 0.6 is 0 Å². The molecule has 1 aromatic heterocycles. The summed E-state index contributed by atoms with van der Waals surface area (Å²) in [5.41, 5.74) is 12.1. The summed E-state index contributed by atoms with van der Waals surface area (Å²) in [5, 5.41) is 3.97. The highest BCUT2D eigenvalue weighted by Crippen LogP contribution is 2.13. The number of rotatable bonds is 7. The molecule has 3 N–H and O–H groups in total. The number of hydrazone groups is 1. The third-order valence-electron chi connectivity index (χ3n) is 5.20. The van der Waals surface area contributed by atoms with Gasteiger partial charge in [0.2, 0.25) is 0 Å². The molecule has 196 valence electrons. The lowest BCUT2D eigenvalue weighted by atomic mass is 10.2. The number of nitrogens with two attached hydrogens (primary N) is 1. The van der Waals surface area contributed by atoms with Crippen LogP contribution in [0.25, 0.3) is 0 Å². The predicted octanol–water partition coefficient (Wildman–Crippen LogP) is 3.34. The Labute approximate surface area is 222 Å². The van der Waals surface area contributed by atoms with Crippen molar-refractivity contribution in [1.82, 2.24) is 5.43 Å². The number of aromatic nitrogens is 1. The summed E-state index contributed by atoms with van der Waals surface area (Å²) < 4.78 is 38.9. The van der Waals surface area contributed by atoms with Crippen LogP contribution in [-0.2, 0) is 23.8 Å². The van der Waals surface area contributed by atoms with Gasteiger partial charge in [-0.25, -0.2) is 18.4 Å². The number of hydrogen-bond acceptors (Lipinski definition) is 7. The summed E-state index contributed by atoms with van der Waals surface area (Å²) in [7, 11) is -2.29. The molecular weight excluding hydrogens is 504 g/mol. The molecule has 0 bridgehead atoms. The summed E-state index contributed by atoms with van der Waals surface area (Å²) in [5.74, 6) is 0.480. The Bertz CT molecular complexity index is 1470. The smallest absolute Gasteiger partial charge is 0.271 e. The molecule has 9 nitrogen and oxygen atoms in total. The summed E-state index contributed by atoms with van der Waals surface area (Å²) in [6.45, 7) is 2.33. The monoisotopic (exact) mass is 532 g/mol. The van der Waals surface area contributed by atoms with Crippen LogP contribution in [0.1, 0.15) is 27.0 Å². The van der Waals surface area contributed by atoms with Crippen molar-refractivity contribution in [2.75, 3.05) is 5.73 Å². The van der Waals surface area contributed by atoms with Gasteiger partial charge in [-0.05, 0) is 73.2 Å². The van der Waals surface area contributed by atoms with Gasteiger partial charge in [-0.3, -0.25) is 4.79 Å². The van der Waals surface area contributed by atoms with Crippen LogP contribution in [0.4, 0.5) is 5.69 Å². The largest absolute Gasteiger partial charge is 0.744 e. The molecule has 3 aromatic carbocycles. The third-order valence-corrected chi connectivity index (χ3v) is 6.04. The van der Waals surface area contributed by atoms with E-state index in [2.05, 4.69) is 10.5 Å². The van der Waals surface area contributed by atoms with Gasteiger partial charge in [-0.15, -0.1) is 0 Å². The molecule has 1 amide bonds. The molecule has 0 unspecified atom stereocenters. The van der Waals surface area contributed by atoms with E-state index in [1.54, 1.807) is 42.6 Å². The van der Waals surface area contributed by atoms with Gasteiger partial charge >= 0.3 is 0 Å². The van der Waals surface area contributed by atoms with Crippen LogP contribution in [0, 0.1) is 6.92 Å². The van der Waals surface area contributed by atoms with Gasteiger partial charge in [0, 0.05) is 28.9 Å². The number of ether oxygens (including phenoxy) is 1. The normalized spacial score (nSPS) is 10.9. The van der Waals surface area contributed by atoms with Gasteiger partial charge in [0.1, 0.15) is 29.5 Å². The average Bonchev–Trinajstić information content (AvgIpc) is 2.89. The first-order valence-electron chi connectivity index (χ1n) is 11.5. The Morgan fingerprint density at radius 1 is 0.974 bits per heavy atom. The van der Waals surface area contributed by atoms with Crippen molar-refractivity contribution in [1.29, 1.82) is 0 Å². The lowest BCUT2D eigenvalue weighted by Crippen LogP contribution is -2.26. The second-order valence-corrected chi connectivity index (χ2v) is 9.70. The number of carbonyl (C=O) groups is 1. The molecule has 38 heavy (non-hydrogen) atoms. The van der Waals surface area contributed by atoms with E-state index in [0.29, 0.717) is 17.9 Å². The minimum Gasteiger partial charge on any atom is -0.744 e. The maximum atomic E-state index is 12.0. The fraction of sp³-hybridized carbons (Fsp3) is 0.107. The van der Waals surface area contributed by atoms with Crippen LogP contribution in [0.2, 0.25) is 0 Å². The van der Waals surface area contributed by atoms with E-state index in [1.807, 2.05) is 67.3 Å². The molecule has 10 heteroatoms. The average molecular weight is 533 g/mol. The van der Waals surface area contributed by atoms with Crippen LogP contribution in [0.3, 0.4) is 0 Å². The van der Waals surface area contributed by atoms with Gasteiger partial charge in [0.15, 0.2) is 12.4 Å². The molecule has 4 aromatic rings. The zero-order valence-corrected chi connectivity index (χ0v) is 21.8. The molecule has 0 aliphatic carbocycles. The quantitative estimate of drug-likeness (QED) is 0.123. The number of carbonyl (C=O) groups excluding carboxylic acids is 1. The first kappa shape index (κ1) is 28.0. The van der Waals surface area contributed by atoms with E-state index < -0.39 is 10.1 Å². The number of nitrogen functional groups attached to an aromatic ring is 1. The Kier molecular flexibility index (Phi) is 9.69. The molecule has 0 aliphatic heterocycles. The number of hydrogen-bond donors (Lipinski definition) is 2. The lowest BCUT2D eigenvalue weighted by Gasteiger charge is -2.06. The number of benzene rings is 3. The molecule has 4 rings (SSSR count). The molecule has 0 atom stereocenters. The Balaban J connectivity index is 0.000000304. The van der Waals surface area contributed by atoms with Gasteiger partial charge in [-0.2, -0.15) is 5.10 Å². The number of anilines is 1. The van der Waals surface area contributed by atoms with Crippen LogP contribution in [-0.4, -0.2) is 25.1 Å². The number of aryl methyl sites for hydroxylation is 2. The van der Waals surface area contributed by atoms with E-state index in [4.69, 9.17) is 10.5 Å². The van der Waals surface area contributed by atoms with E-state index >= 15 is 0 Å². The van der Waals surface area contributed by atoms with Gasteiger partial charge < -0.3 is 15.0 Å². The van der Waals surface area contributed by atoms with Crippen molar-refractivity contribution >= 4 is 27.9 Å². The standard InChI is InChI=1S/C21H20N4O2.C7H8O3S/c1-25-12-10-17(11-13-25)15-27-20-8-2-16(3-9-20)14-23-24-21(26)18-4-6-19(22)7-5-18;1-6-2-4-7(5-3-6)11(8,9)10/h2-14H,15H2,1H3,(H2-,22,24,26);2-5H,1H3,(H,8,9,10)/b23-14+;. The molecule has 0 aliphatic rings. The second-order valence-electron chi connectivity index (χ2n) is 8.32. The predicted molar refractivity (Wildman–Crippen MR) is 143 cm³/mol. The van der Waals surface area contributed by atoms with Crippen LogP contribution in [0.5, 0.6) is 5.75 Å². The number of nitrogens with zero attached hydrogens (tertiary/aromatic N) is 2.